The van der Waals surface area contributed by atoms with Gasteiger partial charge in [-0.25, -0.2) is 9.59 Å². The zero-order valence-corrected chi connectivity index (χ0v) is 23.7. The predicted molar refractivity (Wildman–Crippen MR) is 139 cm³/mol. The summed E-state index contributed by atoms with van der Waals surface area (Å²) in [5.74, 6) is -1.37. The van der Waals surface area contributed by atoms with Gasteiger partial charge in [0.15, 0.2) is 0 Å². The minimum Gasteiger partial charge on any atom is -0.494 e. The van der Waals surface area contributed by atoms with Crippen LogP contribution in [0.2, 0.25) is 0 Å². The normalized spacial score (nSPS) is 13.8. The van der Waals surface area contributed by atoms with E-state index in [0.29, 0.717) is 12.2 Å². The Bertz CT molecular complexity index is 880. The fourth-order valence-electron chi connectivity index (χ4n) is 3.22. The summed E-state index contributed by atoms with van der Waals surface area (Å²) in [6.45, 7) is 15.4. The van der Waals surface area contributed by atoms with Gasteiger partial charge < -0.3 is 24.3 Å². The third-order valence-electron chi connectivity index (χ3n) is 4.59. The van der Waals surface area contributed by atoms with Gasteiger partial charge >= 0.3 is 18.0 Å². The third kappa shape index (κ3) is 14.5. The molecule has 37 heavy (non-hydrogen) atoms. The molecule has 0 aromatic heterocycles. The van der Waals surface area contributed by atoms with Crippen LogP contribution >= 0.6 is 0 Å². The van der Waals surface area contributed by atoms with Gasteiger partial charge in [-0.15, -0.1) is 0 Å². The minimum atomic E-state index is -1.14. The van der Waals surface area contributed by atoms with E-state index in [4.69, 9.17) is 18.9 Å². The average molecular weight is 526 g/mol. The molecule has 0 fully saturated rings. The number of rotatable bonds is 11. The lowest BCUT2D eigenvalue weighted by atomic mass is 9.92. The first-order valence-corrected chi connectivity index (χ1v) is 12.6. The molecule has 0 saturated carbocycles. The first-order valence-electron chi connectivity index (χ1n) is 12.6. The molecule has 1 amide bonds. The molecule has 8 nitrogen and oxygen atoms in total. The Hall–Kier alpha value is -2.84. The van der Waals surface area contributed by atoms with Gasteiger partial charge in [-0.3, -0.25) is 9.18 Å². The van der Waals surface area contributed by atoms with Gasteiger partial charge in [0.05, 0.1) is 19.2 Å². The minimum absolute atomic E-state index is 0.0577. The number of carbonyl (C=O) groups excluding carboxylic acids is 3. The summed E-state index contributed by atoms with van der Waals surface area (Å²) in [5, 5.41) is 2.57. The number of esters is 2. The Balaban J connectivity index is 3.19. The van der Waals surface area contributed by atoms with Crippen molar-refractivity contribution in [2.24, 2.45) is 5.92 Å². The molecule has 0 saturated heterocycles. The first-order chi connectivity index (χ1) is 16.9. The van der Waals surface area contributed by atoms with E-state index in [9.17, 15) is 18.8 Å². The van der Waals surface area contributed by atoms with Crippen molar-refractivity contribution in [3.63, 3.8) is 0 Å². The molecule has 0 heterocycles. The summed E-state index contributed by atoms with van der Waals surface area (Å²) in [6.07, 6.45) is -0.299. The van der Waals surface area contributed by atoms with Crippen molar-refractivity contribution in [3.05, 3.63) is 29.8 Å². The molecule has 9 heteroatoms. The third-order valence-corrected chi connectivity index (χ3v) is 4.59. The van der Waals surface area contributed by atoms with E-state index >= 15 is 0 Å². The number of ether oxygens (including phenoxy) is 4. The van der Waals surface area contributed by atoms with Crippen LogP contribution in [0.15, 0.2) is 24.3 Å². The molecule has 1 aromatic carbocycles. The average Bonchev–Trinajstić information content (AvgIpc) is 2.70. The molecule has 1 rings (SSSR count). The highest BCUT2D eigenvalue weighted by atomic mass is 19.1. The van der Waals surface area contributed by atoms with Gasteiger partial charge in [-0.2, -0.15) is 0 Å². The van der Waals surface area contributed by atoms with Crippen molar-refractivity contribution in [2.75, 3.05) is 13.3 Å². The highest BCUT2D eigenvalue weighted by molar-refractivity contribution is 5.83. The Morgan fingerprint density at radius 3 is 1.81 bits per heavy atom. The Morgan fingerprint density at radius 2 is 1.32 bits per heavy atom. The quantitative estimate of drug-likeness (QED) is 0.230. The predicted octanol–water partition coefficient (Wildman–Crippen LogP) is 5.55. The van der Waals surface area contributed by atoms with Crippen molar-refractivity contribution >= 4 is 18.0 Å². The number of alkyl halides is 1. The summed E-state index contributed by atoms with van der Waals surface area (Å²) in [6, 6.07) is 5.93. The van der Waals surface area contributed by atoms with Crippen LogP contribution in [0, 0.1) is 5.92 Å². The topological polar surface area (TPSA) is 100 Å². The summed E-state index contributed by atoms with van der Waals surface area (Å²) in [4.78, 5) is 38.8. The zero-order valence-electron chi connectivity index (χ0n) is 23.7. The Labute approximate surface area is 220 Å². The van der Waals surface area contributed by atoms with E-state index < -0.39 is 53.5 Å². The number of carbonyl (C=O) groups is 3. The van der Waals surface area contributed by atoms with E-state index in [1.807, 2.05) is 0 Å². The number of amides is 1. The number of alkyl carbamates (subject to hydrolysis) is 1. The van der Waals surface area contributed by atoms with E-state index in [0.717, 1.165) is 5.56 Å². The van der Waals surface area contributed by atoms with Crippen LogP contribution < -0.4 is 10.1 Å². The van der Waals surface area contributed by atoms with Crippen LogP contribution in [0.5, 0.6) is 5.75 Å². The van der Waals surface area contributed by atoms with Gasteiger partial charge in [0, 0.05) is 6.42 Å². The number of benzene rings is 1. The summed E-state index contributed by atoms with van der Waals surface area (Å²) < 4.78 is 34.3. The molecule has 0 spiro atoms. The first kappa shape index (κ1) is 32.2. The summed E-state index contributed by atoms with van der Waals surface area (Å²) in [7, 11) is 0. The second-order valence-electron chi connectivity index (χ2n) is 11.9. The molecule has 0 radical (unpaired) electrons. The summed E-state index contributed by atoms with van der Waals surface area (Å²) >= 11 is 0. The Morgan fingerprint density at radius 1 is 0.811 bits per heavy atom. The second kappa shape index (κ2) is 13.6. The number of halogens is 1. The van der Waals surface area contributed by atoms with Crippen molar-refractivity contribution in [1.82, 2.24) is 5.32 Å². The standard InChI is InChI=1S/C28H44FNO7/c1-26(2,3)35-23(31)20(17-19-11-13-21(14-12-19)34-16-10-15-29)18-22(24(32)36-27(4,5)6)30-25(33)37-28(7,8)9/h11-14,20,22H,10,15-18H2,1-9H3,(H,30,33)/t20-,22-/m0/s1. The zero-order chi connectivity index (χ0) is 28.4. The van der Waals surface area contributed by atoms with Gasteiger partial charge in [0.2, 0.25) is 0 Å². The van der Waals surface area contributed by atoms with Gasteiger partial charge in [0.1, 0.15) is 28.6 Å². The van der Waals surface area contributed by atoms with Crippen LogP contribution in [0.3, 0.4) is 0 Å². The van der Waals surface area contributed by atoms with Gasteiger partial charge in [-0.1, -0.05) is 12.1 Å². The van der Waals surface area contributed by atoms with Crippen LogP contribution in [-0.2, 0) is 30.2 Å². The van der Waals surface area contributed by atoms with Crippen LogP contribution in [-0.4, -0.2) is 54.2 Å². The molecule has 1 N–H and O–H groups in total. The number of nitrogens with one attached hydrogen (secondary N) is 1. The second-order valence-corrected chi connectivity index (χ2v) is 11.9. The van der Waals surface area contributed by atoms with Crippen molar-refractivity contribution in [1.29, 1.82) is 0 Å². The molecule has 210 valence electrons. The van der Waals surface area contributed by atoms with E-state index in [-0.39, 0.29) is 19.4 Å². The molecular formula is C28H44FNO7. The Kier molecular flexibility index (Phi) is 11.9. The molecule has 1 aromatic rings. The van der Waals surface area contributed by atoms with Crippen LogP contribution in [0.1, 0.15) is 80.7 Å². The number of hydrogen-bond acceptors (Lipinski definition) is 7. The maximum atomic E-state index is 13.2. The van der Waals surface area contributed by atoms with Crippen molar-refractivity contribution < 1.29 is 37.7 Å². The highest BCUT2D eigenvalue weighted by Crippen LogP contribution is 2.23. The van der Waals surface area contributed by atoms with Crippen LogP contribution in [0.25, 0.3) is 0 Å². The maximum absolute atomic E-state index is 13.2. The summed E-state index contributed by atoms with van der Waals surface area (Å²) in [5.41, 5.74) is -1.52. The largest absolute Gasteiger partial charge is 0.494 e. The number of hydrogen-bond donors (Lipinski definition) is 1. The molecule has 0 unspecified atom stereocenters. The molecule has 0 aliphatic heterocycles. The lowest BCUT2D eigenvalue weighted by Crippen LogP contribution is -2.48. The lowest BCUT2D eigenvalue weighted by molar-refractivity contribution is -0.162. The van der Waals surface area contributed by atoms with E-state index in [1.54, 1.807) is 86.6 Å². The molecule has 0 aliphatic carbocycles. The molecule has 0 bridgehead atoms. The van der Waals surface area contributed by atoms with Gasteiger partial charge in [0.25, 0.3) is 0 Å². The fraction of sp³-hybridized carbons (Fsp3) is 0.679. The molecule has 2 atom stereocenters. The maximum Gasteiger partial charge on any atom is 0.408 e. The van der Waals surface area contributed by atoms with Crippen molar-refractivity contribution in [2.45, 2.75) is 104 Å². The highest BCUT2D eigenvalue weighted by Gasteiger charge is 2.35. The van der Waals surface area contributed by atoms with E-state index in [2.05, 4.69) is 5.32 Å². The monoisotopic (exact) mass is 525 g/mol. The van der Waals surface area contributed by atoms with E-state index in [1.165, 1.54) is 0 Å². The molecular weight excluding hydrogens is 481 g/mol. The van der Waals surface area contributed by atoms with Gasteiger partial charge in [-0.05, 0) is 92.9 Å². The van der Waals surface area contributed by atoms with Crippen molar-refractivity contribution in [3.8, 4) is 5.75 Å². The fourth-order valence-corrected chi connectivity index (χ4v) is 3.22. The smallest absolute Gasteiger partial charge is 0.408 e. The lowest BCUT2D eigenvalue weighted by Gasteiger charge is -2.29. The molecule has 0 aliphatic rings. The SMILES string of the molecule is CC(C)(C)OC(=O)N[C@@H](C[C@H](Cc1ccc(OCCCF)cc1)C(=O)OC(C)(C)C)C(=O)OC(C)(C)C. The van der Waals surface area contributed by atoms with Crippen LogP contribution in [0.4, 0.5) is 9.18 Å².